The Labute approximate surface area is 146 Å². The fourth-order valence-electron chi connectivity index (χ4n) is 2.99. The average molecular weight is 345 g/mol. The molecule has 0 aliphatic carbocycles. The lowest BCUT2D eigenvalue weighted by Gasteiger charge is -2.32. The number of anilines is 1. The van der Waals surface area contributed by atoms with Crippen molar-refractivity contribution >= 4 is 22.4 Å². The Kier molecular flexibility index (Phi) is 5.82. The molecule has 2 N–H and O–H groups in total. The van der Waals surface area contributed by atoms with E-state index in [1.165, 1.54) is 16.9 Å². The van der Waals surface area contributed by atoms with E-state index in [1.54, 1.807) is 6.20 Å². The van der Waals surface area contributed by atoms with Gasteiger partial charge in [-0.2, -0.15) is 0 Å². The highest BCUT2D eigenvalue weighted by molar-refractivity contribution is 7.17. The van der Waals surface area contributed by atoms with Crippen molar-refractivity contribution in [1.29, 1.82) is 0 Å². The van der Waals surface area contributed by atoms with Gasteiger partial charge in [0, 0.05) is 25.6 Å². The van der Waals surface area contributed by atoms with Crippen LogP contribution >= 0.6 is 11.3 Å². The van der Waals surface area contributed by atoms with Gasteiger partial charge in [-0.15, -0.1) is 0 Å². The number of benzene rings is 1. The number of nitrogens with one attached hydrogen (secondary N) is 2. The Morgan fingerprint density at radius 1 is 1.38 bits per heavy atom. The molecular formula is C18H23N3O2S. The predicted molar refractivity (Wildman–Crippen MR) is 96.5 cm³/mol. The van der Waals surface area contributed by atoms with Crippen molar-refractivity contribution in [2.75, 3.05) is 25.0 Å². The molecule has 3 rings (SSSR count). The highest BCUT2D eigenvalue weighted by Crippen LogP contribution is 2.33. The molecule has 1 aromatic heterocycles. The smallest absolute Gasteiger partial charge is 0.263 e. The zero-order chi connectivity index (χ0) is 16.8. The highest BCUT2D eigenvalue weighted by atomic mass is 32.1. The lowest BCUT2D eigenvalue weighted by Crippen LogP contribution is -2.34. The van der Waals surface area contributed by atoms with E-state index in [9.17, 15) is 4.79 Å². The second-order valence-electron chi connectivity index (χ2n) is 5.87. The maximum Gasteiger partial charge on any atom is 0.263 e. The van der Waals surface area contributed by atoms with Crippen LogP contribution in [0.15, 0.2) is 36.5 Å². The van der Waals surface area contributed by atoms with Gasteiger partial charge >= 0.3 is 0 Å². The first-order valence-corrected chi connectivity index (χ1v) is 9.24. The van der Waals surface area contributed by atoms with E-state index >= 15 is 0 Å². The van der Waals surface area contributed by atoms with E-state index in [2.05, 4.69) is 27.8 Å². The van der Waals surface area contributed by atoms with Crippen LogP contribution in [0.1, 0.15) is 41.1 Å². The number of amides is 1. The molecule has 0 spiro atoms. The minimum absolute atomic E-state index is 0.0547. The molecule has 2 heterocycles. The first kappa shape index (κ1) is 16.9. The summed E-state index contributed by atoms with van der Waals surface area (Å²) in [7, 11) is 0. The molecule has 128 valence electrons. The van der Waals surface area contributed by atoms with Crippen molar-refractivity contribution in [3.63, 3.8) is 0 Å². The van der Waals surface area contributed by atoms with Gasteiger partial charge in [0.05, 0.1) is 12.3 Å². The normalized spacial score (nSPS) is 20.5. The van der Waals surface area contributed by atoms with Crippen molar-refractivity contribution in [2.24, 2.45) is 5.92 Å². The minimum atomic E-state index is -0.0611. The van der Waals surface area contributed by atoms with E-state index in [0.29, 0.717) is 17.3 Å². The van der Waals surface area contributed by atoms with Gasteiger partial charge in [-0.3, -0.25) is 4.79 Å². The Morgan fingerprint density at radius 3 is 3.00 bits per heavy atom. The van der Waals surface area contributed by atoms with Gasteiger partial charge in [0.1, 0.15) is 4.88 Å². The summed E-state index contributed by atoms with van der Waals surface area (Å²) in [5.74, 6) is 0.236. The molecule has 1 saturated heterocycles. The fourth-order valence-corrected chi connectivity index (χ4v) is 3.79. The predicted octanol–water partition coefficient (Wildman–Crippen LogP) is 3.47. The van der Waals surface area contributed by atoms with Gasteiger partial charge in [0.2, 0.25) is 0 Å². The summed E-state index contributed by atoms with van der Waals surface area (Å²) in [6.07, 6.45) is 3.78. The molecule has 0 radical (unpaired) electrons. The fraction of sp³-hybridized carbons (Fsp3) is 0.444. The van der Waals surface area contributed by atoms with Gasteiger partial charge in [0.25, 0.3) is 5.91 Å². The van der Waals surface area contributed by atoms with E-state index in [-0.39, 0.29) is 12.0 Å². The van der Waals surface area contributed by atoms with Crippen molar-refractivity contribution in [3.8, 4) is 0 Å². The molecule has 5 nitrogen and oxygen atoms in total. The second kappa shape index (κ2) is 8.26. The van der Waals surface area contributed by atoms with Crippen LogP contribution < -0.4 is 10.6 Å². The molecule has 2 aromatic rings. The van der Waals surface area contributed by atoms with Crippen LogP contribution in [-0.4, -0.2) is 30.6 Å². The van der Waals surface area contributed by atoms with Crippen LogP contribution in [0, 0.1) is 5.92 Å². The number of carbonyl (C=O) groups is 1. The number of hydrogen-bond acceptors (Lipinski definition) is 5. The summed E-state index contributed by atoms with van der Waals surface area (Å²) in [6.45, 7) is 4.21. The van der Waals surface area contributed by atoms with Crippen LogP contribution in [0.4, 0.5) is 5.13 Å². The van der Waals surface area contributed by atoms with Crippen LogP contribution in [0.2, 0.25) is 0 Å². The van der Waals surface area contributed by atoms with Gasteiger partial charge in [-0.05, 0) is 25.3 Å². The number of carbonyl (C=O) groups excluding carboxylic acids is 1. The summed E-state index contributed by atoms with van der Waals surface area (Å²) >= 11 is 1.38. The standard InChI is InChI=1S/C18H23N3O2S/c1-2-19-18-21-12-15(24-18)17(22)20-11-14-9-6-10-23-16(14)13-7-4-3-5-8-13/h3-5,7-8,12,14,16H,2,6,9-11H2,1H3,(H,19,21)(H,20,22)/t14-,16+/m0/s1. The van der Waals surface area contributed by atoms with Crippen molar-refractivity contribution < 1.29 is 9.53 Å². The Bertz CT molecular complexity index is 659. The van der Waals surface area contributed by atoms with Gasteiger partial charge in [-0.1, -0.05) is 41.7 Å². The maximum absolute atomic E-state index is 12.3. The number of nitrogens with zero attached hydrogens (tertiary/aromatic N) is 1. The van der Waals surface area contributed by atoms with Crippen molar-refractivity contribution in [2.45, 2.75) is 25.9 Å². The molecule has 0 saturated carbocycles. The molecule has 6 heteroatoms. The molecule has 1 aliphatic heterocycles. The molecule has 1 aromatic carbocycles. The SMILES string of the molecule is CCNc1ncc(C(=O)NC[C@@H]2CCCO[C@@H]2c2ccccc2)s1. The van der Waals surface area contributed by atoms with E-state index in [1.807, 2.05) is 25.1 Å². The lowest BCUT2D eigenvalue weighted by atomic mass is 9.89. The quantitative estimate of drug-likeness (QED) is 0.841. The molecular weight excluding hydrogens is 322 g/mol. The minimum Gasteiger partial charge on any atom is -0.373 e. The monoisotopic (exact) mass is 345 g/mol. The zero-order valence-electron chi connectivity index (χ0n) is 13.8. The van der Waals surface area contributed by atoms with Gasteiger partial charge in [-0.25, -0.2) is 4.98 Å². The van der Waals surface area contributed by atoms with Gasteiger partial charge in [0.15, 0.2) is 5.13 Å². The highest BCUT2D eigenvalue weighted by Gasteiger charge is 2.27. The topological polar surface area (TPSA) is 63.2 Å². The molecule has 1 fully saturated rings. The first-order chi connectivity index (χ1) is 11.8. The van der Waals surface area contributed by atoms with E-state index < -0.39 is 0 Å². The number of rotatable bonds is 6. The Hall–Kier alpha value is -1.92. The summed E-state index contributed by atoms with van der Waals surface area (Å²) < 4.78 is 5.98. The van der Waals surface area contributed by atoms with Crippen LogP contribution in [0.5, 0.6) is 0 Å². The summed E-state index contributed by atoms with van der Waals surface area (Å²) in [4.78, 5) is 17.2. The molecule has 24 heavy (non-hydrogen) atoms. The third kappa shape index (κ3) is 4.13. The third-order valence-corrected chi connectivity index (χ3v) is 5.11. The van der Waals surface area contributed by atoms with E-state index in [4.69, 9.17) is 4.74 Å². The van der Waals surface area contributed by atoms with Crippen molar-refractivity contribution in [3.05, 3.63) is 47.0 Å². The molecule has 1 aliphatic rings. The Balaban J connectivity index is 1.60. The molecule has 0 bridgehead atoms. The summed E-state index contributed by atoms with van der Waals surface area (Å²) in [6, 6.07) is 10.3. The number of ether oxygens (including phenoxy) is 1. The summed E-state index contributed by atoms with van der Waals surface area (Å²) in [5, 5.41) is 6.95. The van der Waals surface area contributed by atoms with Crippen LogP contribution in [0.25, 0.3) is 0 Å². The maximum atomic E-state index is 12.3. The number of aromatic nitrogens is 1. The summed E-state index contributed by atoms with van der Waals surface area (Å²) in [5.41, 5.74) is 1.18. The van der Waals surface area contributed by atoms with Crippen LogP contribution in [0.3, 0.4) is 0 Å². The Morgan fingerprint density at radius 2 is 2.21 bits per heavy atom. The van der Waals surface area contributed by atoms with E-state index in [0.717, 1.165) is 31.1 Å². The molecule has 1 amide bonds. The molecule has 0 unspecified atom stereocenters. The largest absolute Gasteiger partial charge is 0.373 e. The second-order valence-corrected chi connectivity index (χ2v) is 6.91. The van der Waals surface area contributed by atoms with Gasteiger partial charge < -0.3 is 15.4 Å². The molecule has 2 atom stereocenters. The van der Waals surface area contributed by atoms with Crippen molar-refractivity contribution in [1.82, 2.24) is 10.3 Å². The average Bonchev–Trinajstić information content (AvgIpc) is 3.10. The lowest BCUT2D eigenvalue weighted by molar-refractivity contribution is -0.0272. The first-order valence-electron chi connectivity index (χ1n) is 8.42. The number of thiazole rings is 1. The zero-order valence-corrected chi connectivity index (χ0v) is 14.6. The number of hydrogen-bond donors (Lipinski definition) is 2. The van der Waals surface area contributed by atoms with Crippen LogP contribution in [-0.2, 0) is 4.74 Å². The third-order valence-electron chi connectivity index (χ3n) is 4.16.